The first kappa shape index (κ1) is 32.1. The summed E-state index contributed by atoms with van der Waals surface area (Å²) in [5.74, 6) is -0.505. The molecule has 10 heteroatoms. The van der Waals surface area contributed by atoms with Crippen molar-refractivity contribution in [2.24, 2.45) is 0 Å². The van der Waals surface area contributed by atoms with E-state index < -0.39 is 28.5 Å². The number of aryl methyl sites for hydroxylation is 1. The van der Waals surface area contributed by atoms with Crippen LogP contribution in [-0.4, -0.2) is 50.4 Å². The Morgan fingerprint density at radius 2 is 1.59 bits per heavy atom. The van der Waals surface area contributed by atoms with Gasteiger partial charge in [0.1, 0.15) is 18.3 Å². The number of ether oxygens (including phenoxy) is 1. The zero-order chi connectivity index (χ0) is 30.2. The molecule has 41 heavy (non-hydrogen) atoms. The molecule has 0 saturated carbocycles. The second-order valence-electron chi connectivity index (χ2n) is 9.87. The number of carbonyl (C=O) groups excluding carboxylic acids is 2. The average molecular weight is 645 g/mol. The topological polar surface area (TPSA) is 96.0 Å². The molecule has 0 bridgehead atoms. The predicted molar refractivity (Wildman–Crippen MR) is 165 cm³/mol. The maximum Gasteiger partial charge on any atom is 0.264 e. The Labute approximate surface area is 251 Å². The number of para-hydroxylation sites is 2. The van der Waals surface area contributed by atoms with Gasteiger partial charge in [0, 0.05) is 17.1 Å². The Hall–Kier alpha value is -3.37. The highest BCUT2D eigenvalue weighted by Gasteiger charge is 2.34. The van der Waals surface area contributed by atoms with Crippen molar-refractivity contribution in [2.75, 3.05) is 17.5 Å². The summed E-state index contributed by atoms with van der Waals surface area (Å²) in [5, 5.41) is 2.94. The molecule has 0 aliphatic heterocycles. The van der Waals surface area contributed by atoms with Crippen molar-refractivity contribution in [1.29, 1.82) is 0 Å². The van der Waals surface area contributed by atoms with E-state index in [1.807, 2.05) is 45.0 Å². The molecule has 1 N–H and O–H groups in total. The van der Waals surface area contributed by atoms with Crippen molar-refractivity contribution >= 4 is 43.5 Å². The van der Waals surface area contributed by atoms with Crippen molar-refractivity contribution < 1.29 is 22.7 Å². The Balaban J connectivity index is 2.07. The van der Waals surface area contributed by atoms with Gasteiger partial charge in [0.05, 0.1) is 17.2 Å². The molecule has 0 aromatic heterocycles. The standard InChI is InChI=1S/C31H38BrN3O5S/c1-6-23(4)33-31(37)24(5)34(20-25-14-16-26(32)17-15-25)30(36)21-35(28-10-8-9-11-29(28)40-7-2)41(38,39)27-18-12-22(3)13-19-27/h8-19,23-24H,6-7,20-21H2,1-5H3,(H,33,37)/t23-,24-/m1/s1. The Bertz CT molecular complexity index is 1430. The largest absolute Gasteiger partial charge is 0.492 e. The van der Waals surface area contributed by atoms with E-state index in [9.17, 15) is 18.0 Å². The maximum atomic E-state index is 14.1. The van der Waals surface area contributed by atoms with Gasteiger partial charge in [-0.05, 0) is 76.1 Å². The fourth-order valence-electron chi connectivity index (χ4n) is 4.13. The zero-order valence-electron chi connectivity index (χ0n) is 24.1. The minimum Gasteiger partial charge on any atom is -0.492 e. The molecule has 0 spiro atoms. The fraction of sp³-hybridized carbons (Fsp3) is 0.355. The third-order valence-electron chi connectivity index (χ3n) is 6.76. The Kier molecular flexibility index (Phi) is 11.4. The third kappa shape index (κ3) is 8.33. The normalized spacial score (nSPS) is 12.7. The predicted octanol–water partition coefficient (Wildman–Crippen LogP) is 5.68. The van der Waals surface area contributed by atoms with Gasteiger partial charge in [0.15, 0.2) is 0 Å². The number of hydrogen-bond donors (Lipinski definition) is 1. The summed E-state index contributed by atoms with van der Waals surface area (Å²) in [6.07, 6.45) is 0.732. The Morgan fingerprint density at radius 3 is 2.20 bits per heavy atom. The highest BCUT2D eigenvalue weighted by atomic mass is 79.9. The number of benzene rings is 3. The molecule has 0 aliphatic carbocycles. The lowest BCUT2D eigenvalue weighted by Gasteiger charge is -2.33. The van der Waals surface area contributed by atoms with Crippen LogP contribution in [0.15, 0.2) is 82.2 Å². The molecule has 0 aliphatic rings. The van der Waals surface area contributed by atoms with Gasteiger partial charge < -0.3 is 15.0 Å². The monoisotopic (exact) mass is 643 g/mol. The van der Waals surface area contributed by atoms with Crippen molar-refractivity contribution in [2.45, 2.75) is 64.6 Å². The van der Waals surface area contributed by atoms with E-state index in [1.165, 1.54) is 17.0 Å². The van der Waals surface area contributed by atoms with Gasteiger partial charge >= 0.3 is 0 Å². The van der Waals surface area contributed by atoms with Crippen LogP contribution in [0.5, 0.6) is 5.75 Å². The molecule has 0 fully saturated rings. The summed E-state index contributed by atoms with van der Waals surface area (Å²) in [4.78, 5) is 28.7. The quantitative estimate of drug-likeness (QED) is 0.258. The second kappa shape index (κ2) is 14.5. The molecule has 0 unspecified atom stereocenters. The van der Waals surface area contributed by atoms with Gasteiger partial charge in [-0.25, -0.2) is 8.42 Å². The summed E-state index contributed by atoms with van der Waals surface area (Å²) in [5.41, 5.74) is 1.94. The first-order chi connectivity index (χ1) is 19.5. The molecule has 3 aromatic carbocycles. The number of carbonyl (C=O) groups is 2. The van der Waals surface area contributed by atoms with E-state index >= 15 is 0 Å². The summed E-state index contributed by atoms with van der Waals surface area (Å²) in [6.45, 7) is 9.08. The third-order valence-corrected chi connectivity index (χ3v) is 9.06. The minimum atomic E-state index is -4.19. The van der Waals surface area contributed by atoms with E-state index in [0.29, 0.717) is 12.4 Å². The molecule has 2 atom stereocenters. The van der Waals surface area contributed by atoms with Crippen LogP contribution in [0.4, 0.5) is 5.69 Å². The van der Waals surface area contributed by atoms with Crippen LogP contribution < -0.4 is 14.4 Å². The van der Waals surface area contributed by atoms with Gasteiger partial charge in [-0.3, -0.25) is 13.9 Å². The highest BCUT2D eigenvalue weighted by Crippen LogP contribution is 2.33. The number of nitrogens with zero attached hydrogens (tertiary/aromatic N) is 2. The molecule has 0 heterocycles. The number of nitrogens with one attached hydrogen (secondary N) is 1. The van der Waals surface area contributed by atoms with Gasteiger partial charge in [0.25, 0.3) is 10.0 Å². The number of halogens is 1. The fourth-order valence-corrected chi connectivity index (χ4v) is 5.82. The second-order valence-corrected chi connectivity index (χ2v) is 12.6. The molecule has 8 nitrogen and oxygen atoms in total. The van der Waals surface area contributed by atoms with Crippen molar-refractivity contribution in [3.05, 3.63) is 88.4 Å². The molecule has 3 aromatic rings. The van der Waals surface area contributed by atoms with Crippen LogP contribution in [0, 0.1) is 6.92 Å². The van der Waals surface area contributed by atoms with Crippen molar-refractivity contribution in [3.63, 3.8) is 0 Å². The SMILES string of the molecule is CCOc1ccccc1N(CC(=O)N(Cc1ccc(Br)cc1)[C@H](C)C(=O)N[C@H](C)CC)S(=O)(=O)c1ccc(C)cc1. The lowest BCUT2D eigenvalue weighted by molar-refractivity contribution is -0.139. The maximum absolute atomic E-state index is 14.1. The Morgan fingerprint density at radius 1 is 0.951 bits per heavy atom. The van der Waals surface area contributed by atoms with E-state index in [-0.39, 0.29) is 29.1 Å². The first-order valence-electron chi connectivity index (χ1n) is 13.6. The average Bonchev–Trinajstić information content (AvgIpc) is 2.95. The molecule has 0 saturated heterocycles. The van der Waals surface area contributed by atoms with Gasteiger partial charge in [0.2, 0.25) is 11.8 Å². The summed E-state index contributed by atoms with van der Waals surface area (Å²) < 4.78 is 35.8. The van der Waals surface area contributed by atoms with Crippen molar-refractivity contribution in [1.82, 2.24) is 10.2 Å². The summed E-state index contributed by atoms with van der Waals surface area (Å²) in [6, 6.07) is 19.7. The lowest BCUT2D eigenvalue weighted by Crippen LogP contribution is -2.52. The first-order valence-corrected chi connectivity index (χ1v) is 15.9. The number of amides is 2. The van der Waals surface area contributed by atoms with E-state index in [1.54, 1.807) is 50.2 Å². The smallest absolute Gasteiger partial charge is 0.264 e. The van der Waals surface area contributed by atoms with Crippen LogP contribution in [-0.2, 0) is 26.2 Å². The molecule has 3 rings (SSSR count). The molecular weight excluding hydrogens is 606 g/mol. The van der Waals surface area contributed by atoms with Crippen LogP contribution in [0.1, 0.15) is 45.2 Å². The minimum absolute atomic E-state index is 0.0456. The number of sulfonamides is 1. The molecular formula is C31H38BrN3O5S. The lowest BCUT2D eigenvalue weighted by atomic mass is 10.1. The number of rotatable bonds is 13. The zero-order valence-corrected chi connectivity index (χ0v) is 26.5. The van der Waals surface area contributed by atoms with Crippen LogP contribution >= 0.6 is 15.9 Å². The summed E-state index contributed by atoms with van der Waals surface area (Å²) >= 11 is 3.42. The molecule has 0 radical (unpaired) electrons. The van der Waals surface area contributed by atoms with Crippen LogP contribution in [0.3, 0.4) is 0 Å². The molecule has 220 valence electrons. The van der Waals surface area contributed by atoms with Crippen LogP contribution in [0.2, 0.25) is 0 Å². The highest BCUT2D eigenvalue weighted by molar-refractivity contribution is 9.10. The number of hydrogen-bond acceptors (Lipinski definition) is 5. The van der Waals surface area contributed by atoms with E-state index in [0.717, 1.165) is 26.3 Å². The van der Waals surface area contributed by atoms with Crippen LogP contribution in [0.25, 0.3) is 0 Å². The van der Waals surface area contributed by atoms with Gasteiger partial charge in [-0.2, -0.15) is 0 Å². The van der Waals surface area contributed by atoms with E-state index in [2.05, 4.69) is 21.2 Å². The molecule has 2 amide bonds. The van der Waals surface area contributed by atoms with Gasteiger partial charge in [-0.1, -0.05) is 64.8 Å². The van der Waals surface area contributed by atoms with E-state index in [4.69, 9.17) is 4.74 Å². The van der Waals surface area contributed by atoms with Gasteiger partial charge in [-0.15, -0.1) is 0 Å². The summed E-state index contributed by atoms with van der Waals surface area (Å²) in [7, 11) is -4.19. The number of anilines is 1. The van der Waals surface area contributed by atoms with Crippen molar-refractivity contribution in [3.8, 4) is 5.75 Å².